The standard InChI is InChI=1S/C15H14ClNO4.C7H7NO2.C5H12N2.2C2H6.CH4S/c1-3-20-15(18)14-12(9(2)17-19)8-13(21-14)10-4-6-11(16)7-5-10;1-6-4-2-3-5-7(6)8(9)10;1-7-4-2-6-3-5-7;3*1-2/h4-9H,3H2,1-2H3;2-5H,1H3;6H,2-5H2,1H3;2*1-2H3;2H,1H3. The number of para-hydroxylation sites is 1. The minimum Gasteiger partial charge on any atom is -0.460 e. The Kier molecular flexibility index (Phi) is 25.5. The van der Waals surface area contributed by atoms with Gasteiger partial charge in [0.25, 0.3) is 5.69 Å². The van der Waals surface area contributed by atoms with Crippen LogP contribution in [0.3, 0.4) is 0 Å². The van der Waals surface area contributed by atoms with Crippen LogP contribution >= 0.6 is 24.2 Å². The van der Waals surface area contributed by atoms with Gasteiger partial charge in [-0.1, -0.05) is 62.7 Å². The van der Waals surface area contributed by atoms with Gasteiger partial charge in [0.15, 0.2) is 0 Å². The Morgan fingerprint density at radius 2 is 1.66 bits per heavy atom. The molecule has 10 nitrogen and oxygen atoms in total. The zero-order chi connectivity index (χ0) is 34.1. The molecule has 3 aromatic rings. The third kappa shape index (κ3) is 16.0. The fraction of sp³-hybridized carbons (Fsp3) is 0.469. The van der Waals surface area contributed by atoms with Crippen LogP contribution in [0, 0.1) is 21.9 Å². The van der Waals surface area contributed by atoms with Crippen LogP contribution < -0.4 is 5.32 Å². The van der Waals surface area contributed by atoms with Crippen molar-refractivity contribution < 1.29 is 18.9 Å². The van der Waals surface area contributed by atoms with Gasteiger partial charge < -0.3 is 19.4 Å². The Labute approximate surface area is 273 Å². The Hall–Kier alpha value is -3.25. The Morgan fingerprint density at radius 1 is 1.11 bits per heavy atom. The molecule has 1 aromatic heterocycles. The van der Waals surface area contributed by atoms with Crippen molar-refractivity contribution in [2.75, 3.05) is 46.1 Å². The quantitative estimate of drug-likeness (QED) is 0.0890. The number of nitro benzene ring substituents is 1. The van der Waals surface area contributed by atoms with E-state index < -0.39 is 12.0 Å². The van der Waals surface area contributed by atoms with Gasteiger partial charge in [0.1, 0.15) is 11.8 Å². The number of piperazine rings is 1. The van der Waals surface area contributed by atoms with E-state index in [1.165, 1.54) is 19.2 Å². The zero-order valence-electron chi connectivity index (χ0n) is 27.4. The molecule has 0 radical (unpaired) electrons. The number of carbonyl (C=O) groups is 1. The second-order valence-corrected chi connectivity index (χ2v) is 8.94. The summed E-state index contributed by atoms with van der Waals surface area (Å²) in [6.07, 6.45) is 1.69. The third-order valence-corrected chi connectivity index (χ3v) is 5.86. The van der Waals surface area contributed by atoms with Crippen LogP contribution in [0.1, 0.15) is 69.3 Å². The molecule has 0 spiro atoms. The van der Waals surface area contributed by atoms with E-state index in [1.807, 2.05) is 27.7 Å². The summed E-state index contributed by atoms with van der Waals surface area (Å²) in [6, 6.07) is 14.5. The molecule has 12 heteroatoms. The maximum Gasteiger partial charge on any atom is 0.374 e. The van der Waals surface area contributed by atoms with Crippen molar-refractivity contribution in [3.63, 3.8) is 0 Å². The first-order valence-corrected chi connectivity index (χ1v) is 15.9. The molecule has 1 atom stereocenters. The lowest BCUT2D eigenvalue weighted by Gasteiger charge is -2.21. The topological polar surface area (TPSA) is 127 Å². The van der Waals surface area contributed by atoms with E-state index in [0.717, 1.165) is 18.7 Å². The summed E-state index contributed by atoms with van der Waals surface area (Å²) in [7, 11) is 2.15. The highest BCUT2D eigenvalue weighted by atomic mass is 35.5. The lowest BCUT2D eigenvalue weighted by Crippen LogP contribution is -2.40. The zero-order valence-corrected chi connectivity index (χ0v) is 29.1. The number of hydrogen-bond acceptors (Lipinski definition) is 10. The van der Waals surface area contributed by atoms with Gasteiger partial charge in [-0.3, -0.25) is 10.1 Å². The molecule has 246 valence electrons. The molecule has 44 heavy (non-hydrogen) atoms. The van der Waals surface area contributed by atoms with Gasteiger partial charge in [-0.15, -0.1) is 0 Å². The van der Waals surface area contributed by atoms with Crippen LogP contribution in [-0.2, 0) is 4.74 Å². The second kappa shape index (κ2) is 26.2. The number of nitrogens with zero attached hydrogens (tertiary/aromatic N) is 3. The molecule has 1 aliphatic rings. The van der Waals surface area contributed by atoms with Crippen LogP contribution in [0.5, 0.6) is 0 Å². The molecule has 4 rings (SSSR count). The second-order valence-electron chi connectivity index (χ2n) is 8.50. The lowest BCUT2D eigenvalue weighted by atomic mass is 10.1. The monoisotopic (exact) mass is 652 g/mol. The number of benzene rings is 2. The van der Waals surface area contributed by atoms with Crippen LogP contribution in [0.2, 0.25) is 5.02 Å². The number of likely N-dealkylation sites (N-methyl/N-ethyl adjacent to an activating group) is 1. The van der Waals surface area contributed by atoms with Gasteiger partial charge in [-0.05, 0) is 64.4 Å². The maximum atomic E-state index is 11.9. The van der Waals surface area contributed by atoms with Crippen molar-refractivity contribution in [1.82, 2.24) is 10.2 Å². The predicted octanol–water partition coefficient (Wildman–Crippen LogP) is 8.63. The van der Waals surface area contributed by atoms with Crippen molar-refractivity contribution >= 4 is 35.9 Å². The number of halogens is 1. The number of rotatable bonds is 6. The van der Waals surface area contributed by atoms with Crippen molar-refractivity contribution in [2.24, 2.45) is 5.18 Å². The smallest absolute Gasteiger partial charge is 0.374 e. The van der Waals surface area contributed by atoms with E-state index in [-0.39, 0.29) is 23.0 Å². The third-order valence-electron chi connectivity index (χ3n) is 5.61. The van der Waals surface area contributed by atoms with Crippen molar-refractivity contribution in [3.05, 3.63) is 91.5 Å². The average Bonchev–Trinajstić information content (AvgIpc) is 3.51. The molecule has 1 saturated heterocycles. The first kappa shape index (κ1) is 42.9. The van der Waals surface area contributed by atoms with Crippen LogP contribution in [0.25, 0.3) is 11.3 Å². The van der Waals surface area contributed by atoms with Crippen molar-refractivity contribution in [3.8, 4) is 11.3 Å². The normalized spacial score (nSPS) is 12.2. The van der Waals surface area contributed by atoms with E-state index in [9.17, 15) is 19.8 Å². The van der Waals surface area contributed by atoms with Gasteiger partial charge in [0, 0.05) is 54.0 Å². The highest BCUT2D eigenvalue weighted by molar-refractivity contribution is 7.79. The van der Waals surface area contributed by atoms with E-state index >= 15 is 0 Å². The molecule has 1 N–H and O–H groups in total. The number of carbonyl (C=O) groups excluding carboxylic acids is 1. The number of nitro groups is 1. The minimum absolute atomic E-state index is 0.00824. The summed E-state index contributed by atoms with van der Waals surface area (Å²) in [5.74, 6) is -0.141. The number of esters is 1. The van der Waals surface area contributed by atoms with Crippen LogP contribution in [-0.4, -0.2) is 61.9 Å². The first-order chi connectivity index (χ1) is 21.2. The number of ether oxygens (including phenoxy) is 1. The number of hydrogen-bond donors (Lipinski definition) is 2. The molecule has 0 bridgehead atoms. The molecule has 2 heterocycles. The van der Waals surface area contributed by atoms with Gasteiger partial charge in [-0.2, -0.15) is 17.5 Å². The fourth-order valence-corrected chi connectivity index (χ4v) is 3.56. The average molecular weight is 653 g/mol. The summed E-state index contributed by atoms with van der Waals surface area (Å²) < 4.78 is 10.5. The molecule has 1 fully saturated rings. The largest absolute Gasteiger partial charge is 0.460 e. The summed E-state index contributed by atoms with van der Waals surface area (Å²) in [5, 5.41) is 17.0. The SMILES string of the molecule is CC.CC.CCOC(=O)c1oc(-c2ccc(Cl)cc2)cc1C(C)N=O.CN1CCNCC1.CS.Cc1ccccc1[N+](=O)[O-]. The molecule has 1 unspecified atom stereocenters. The van der Waals surface area contributed by atoms with Gasteiger partial charge in [0.05, 0.1) is 11.5 Å². The predicted molar refractivity (Wildman–Crippen MR) is 185 cm³/mol. The highest BCUT2D eigenvalue weighted by Crippen LogP contribution is 2.32. The number of aryl methyl sites for hydroxylation is 1. The minimum atomic E-state index is -0.700. The Balaban J connectivity index is 0. The van der Waals surface area contributed by atoms with E-state index in [2.05, 4.69) is 35.1 Å². The number of thiol groups is 1. The molecule has 1 aliphatic heterocycles. The van der Waals surface area contributed by atoms with E-state index in [0.29, 0.717) is 21.9 Å². The van der Waals surface area contributed by atoms with Gasteiger partial charge in [0.2, 0.25) is 5.76 Å². The Morgan fingerprint density at radius 3 is 2.07 bits per heavy atom. The summed E-state index contributed by atoms with van der Waals surface area (Å²) in [5.41, 5.74) is 2.04. The highest BCUT2D eigenvalue weighted by Gasteiger charge is 2.24. The van der Waals surface area contributed by atoms with Crippen LogP contribution in [0.15, 0.2) is 64.2 Å². The molecule has 2 aromatic carbocycles. The molecular formula is C32H49ClN4O6S. The molecular weight excluding hydrogens is 604 g/mol. The number of nitroso groups, excluding NO2 is 1. The van der Waals surface area contributed by atoms with Gasteiger partial charge >= 0.3 is 5.97 Å². The summed E-state index contributed by atoms with van der Waals surface area (Å²) in [4.78, 5) is 34.8. The van der Waals surface area contributed by atoms with E-state index in [4.69, 9.17) is 20.8 Å². The van der Waals surface area contributed by atoms with Gasteiger partial charge in [-0.25, -0.2) is 4.79 Å². The lowest BCUT2D eigenvalue weighted by molar-refractivity contribution is -0.385. The first-order valence-electron chi connectivity index (χ1n) is 14.6. The Bertz CT molecular complexity index is 1200. The molecule has 0 saturated carbocycles. The summed E-state index contributed by atoms with van der Waals surface area (Å²) in [6.45, 7) is 18.0. The van der Waals surface area contributed by atoms with Crippen molar-refractivity contribution in [2.45, 2.75) is 54.5 Å². The molecule has 0 amide bonds. The number of nitrogens with one attached hydrogen (secondary N) is 1. The fourth-order valence-electron chi connectivity index (χ4n) is 3.43. The van der Waals surface area contributed by atoms with Crippen LogP contribution in [0.4, 0.5) is 5.69 Å². The summed E-state index contributed by atoms with van der Waals surface area (Å²) >= 11 is 9.37. The van der Waals surface area contributed by atoms with Crippen molar-refractivity contribution in [1.29, 1.82) is 0 Å². The maximum absolute atomic E-state index is 11.9. The number of furan rings is 1. The van der Waals surface area contributed by atoms with E-state index in [1.54, 1.807) is 75.6 Å². The molecule has 0 aliphatic carbocycles.